The number of nitriles is 2. The molecular weight excluding hydrogens is 204 g/mol. The van der Waals surface area contributed by atoms with Gasteiger partial charge in [0.1, 0.15) is 0 Å². The molecule has 0 aromatic rings. The molecule has 0 aromatic heterocycles. The van der Waals surface area contributed by atoms with Crippen molar-refractivity contribution in [3.8, 4) is 12.1 Å². The molecule has 16 heavy (non-hydrogen) atoms. The molecule has 2 N–H and O–H groups in total. The van der Waals surface area contributed by atoms with E-state index in [-0.39, 0.29) is 24.7 Å². The molecule has 1 unspecified atom stereocenters. The van der Waals surface area contributed by atoms with Gasteiger partial charge >= 0.3 is 0 Å². The number of nitrogens with zero attached hydrogens (tertiary/aromatic N) is 3. The molecule has 0 saturated heterocycles. The van der Waals surface area contributed by atoms with Crippen molar-refractivity contribution < 1.29 is 4.79 Å². The van der Waals surface area contributed by atoms with Crippen LogP contribution in [0.1, 0.15) is 26.2 Å². The van der Waals surface area contributed by atoms with E-state index in [9.17, 15) is 4.79 Å². The summed E-state index contributed by atoms with van der Waals surface area (Å²) in [6.07, 6.45) is 1.27. The number of carbonyl (C=O) groups is 1. The highest BCUT2D eigenvalue weighted by Crippen LogP contribution is 2.07. The second-order valence-corrected chi connectivity index (χ2v) is 3.48. The monoisotopic (exact) mass is 222 g/mol. The Morgan fingerprint density at radius 3 is 2.12 bits per heavy atom. The Hall–Kier alpha value is -1.59. The third-order valence-electron chi connectivity index (χ3n) is 2.43. The van der Waals surface area contributed by atoms with Gasteiger partial charge in [-0.2, -0.15) is 10.5 Å². The maximum Gasteiger partial charge on any atom is 0.227 e. The second kappa shape index (κ2) is 8.70. The van der Waals surface area contributed by atoms with Gasteiger partial charge in [-0.1, -0.05) is 6.92 Å². The van der Waals surface area contributed by atoms with Crippen LogP contribution in [0.15, 0.2) is 0 Å². The maximum absolute atomic E-state index is 11.9. The molecular formula is C11H18N4O. The van der Waals surface area contributed by atoms with E-state index < -0.39 is 0 Å². The zero-order valence-electron chi connectivity index (χ0n) is 9.65. The molecule has 0 heterocycles. The van der Waals surface area contributed by atoms with Crippen LogP contribution in [0.2, 0.25) is 0 Å². The standard InChI is InChI=1S/C11H18N4O/c1-2-10(9-14)11(16)15(7-3-5-12)8-4-6-13/h10H,2-4,7-9,14H2,1H3. The lowest BCUT2D eigenvalue weighted by molar-refractivity contribution is -0.135. The lowest BCUT2D eigenvalue weighted by Gasteiger charge is -2.24. The molecule has 0 bridgehead atoms. The van der Waals surface area contributed by atoms with E-state index in [4.69, 9.17) is 16.3 Å². The zero-order chi connectivity index (χ0) is 12.4. The first-order chi connectivity index (χ1) is 7.71. The summed E-state index contributed by atoms with van der Waals surface area (Å²) in [6.45, 7) is 2.98. The molecule has 5 nitrogen and oxygen atoms in total. The third kappa shape index (κ3) is 4.77. The second-order valence-electron chi connectivity index (χ2n) is 3.48. The Bertz CT molecular complexity index is 267. The highest BCUT2D eigenvalue weighted by atomic mass is 16.2. The molecule has 1 atom stereocenters. The first kappa shape index (κ1) is 14.4. The predicted molar refractivity (Wildman–Crippen MR) is 59.9 cm³/mol. The summed E-state index contributed by atoms with van der Waals surface area (Å²) in [5, 5.41) is 17.0. The summed E-state index contributed by atoms with van der Waals surface area (Å²) in [5.74, 6) is -0.243. The van der Waals surface area contributed by atoms with Crippen LogP contribution in [0.5, 0.6) is 0 Å². The minimum Gasteiger partial charge on any atom is -0.340 e. The van der Waals surface area contributed by atoms with Crippen LogP contribution in [-0.2, 0) is 4.79 Å². The molecule has 0 rings (SSSR count). The zero-order valence-corrected chi connectivity index (χ0v) is 9.65. The smallest absolute Gasteiger partial charge is 0.227 e. The summed E-state index contributed by atoms with van der Waals surface area (Å²) in [7, 11) is 0. The van der Waals surface area contributed by atoms with Crippen LogP contribution in [0, 0.1) is 28.6 Å². The Labute approximate surface area is 96.4 Å². The van der Waals surface area contributed by atoms with E-state index in [2.05, 4.69) is 0 Å². The quantitative estimate of drug-likeness (QED) is 0.683. The van der Waals surface area contributed by atoms with E-state index in [1.165, 1.54) is 0 Å². The van der Waals surface area contributed by atoms with Gasteiger partial charge in [0.2, 0.25) is 5.91 Å². The fraction of sp³-hybridized carbons (Fsp3) is 0.727. The molecule has 0 aliphatic carbocycles. The number of amides is 1. The lowest BCUT2D eigenvalue weighted by atomic mass is 10.1. The van der Waals surface area contributed by atoms with Crippen LogP contribution >= 0.6 is 0 Å². The van der Waals surface area contributed by atoms with Crippen molar-refractivity contribution >= 4 is 5.91 Å². The Kier molecular flexibility index (Phi) is 7.83. The number of hydrogen-bond acceptors (Lipinski definition) is 4. The molecule has 0 aliphatic heterocycles. The van der Waals surface area contributed by atoms with Crippen molar-refractivity contribution in [3.05, 3.63) is 0 Å². The summed E-state index contributed by atoms with van der Waals surface area (Å²) < 4.78 is 0. The summed E-state index contributed by atoms with van der Waals surface area (Å²) in [4.78, 5) is 13.5. The number of hydrogen-bond donors (Lipinski definition) is 1. The van der Waals surface area contributed by atoms with Crippen molar-refractivity contribution in [1.82, 2.24) is 4.90 Å². The van der Waals surface area contributed by atoms with Crippen LogP contribution in [0.25, 0.3) is 0 Å². The number of nitrogens with two attached hydrogens (primary N) is 1. The van der Waals surface area contributed by atoms with Crippen LogP contribution in [-0.4, -0.2) is 30.4 Å². The van der Waals surface area contributed by atoms with Gasteiger partial charge in [0.25, 0.3) is 0 Å². The summed E-state index contributed by atoms with van der Waals surface area (Å²) in [5.41, 5.74) is 5.50. The van der Waals surface area contributed by atoms with Crippen molar-refractivity contribution in [2.45, 2.75) is 26.2 Å². The van der Waals surface area contributed by atoms with Crippen molar-refractivity contribution in [2.75, 3.05) is 19.6 Å². The minimum absolute atomic E-state index is 0.0458. The molecule has 1 amide bonds. The lowest BCUT2D eigenvalue weighted by Crippen LogP contribution is -2.40. The maximum atomic E-state index is 11.9. The fourth-order valence-corrected chi connectivity index (χ4v) is 1.40. The molecule has 0 spiro atoms. The molecule has 88 valence electrons. The normalized spacial score (nSPS) is 11.2. The van der Waals surface area contributed by atoms with Gasteiger partial charge < -0.3 is 10.6 Å². The highest BCUT2D eigenvalue weighted by molar-refractivity contribution is 5.79. The number of carbonyl (C=O) groups excluding carboxylic acids is 1. The SMILES string of the molecule is CCC(CN)C(=O)N(CCC#N)CCC#N. The molecule has 0 radical (unpaired) electrons. The van der Waals surface area contributed by atoms with Crippen molar-refractivity contribution in [1.29, 1.82) is 10.5 Å². The van der Waals surface area contributed by atoms with Gasteiger partial charge in [-0.05, 0) is 6.42 Å². The van der Waals surface area contributed by atoms with Gasteiger partial charge in [-0.25, -0.2) is 0 Å². The van der Waals surface area contributed by atoms with E-state index in [0.29, 0.717) is 26.1 Å². The Morgan fingerprint density at radius 1 is 1.31 bits per heavy atom. The van der Waals surface area contributed by atoms with Gasteiger partial charge in [-0.15, -0.1) is 0 Å². The largest absolute Gasteiger partial charge is 0.340 e. The molecule has 5 heteroatoms. The van der Waals surface area contributed by atoms with Gasteiger partial charge in [0, 0.05) is 19.6 Å². The number of rotatable bonds is 7. The minimum atomic E-state index is -0.197. The summed E-state index contributed by atoms with van der Waals surface area (Å²) in [6, 6.07) is 3.99. The van der Waals surface area contributed by atoms with Crippen molar-refractivity contribution in [3.63, 3.8) is 0 Å². The summed E-state index contributed by atoms with van der Waals surface area (Å²) >= 11 is 0. The Morgan fingerprint density at radius 2 is 1.81 bits per heavy atom. The van der Waals surface area contributed by atoms with Crippen LogP contribution < -0.4 is 5.73 Å². The molecule has 0 saturated carbocycles. The predicted octanol–water partition coefficient (Wildman–Crippen LogP) is 0.627. The molecule has 0 aliphatic rings. The van der Waals surface area contributed by atoms with Crippen LogP contribution in [0.3, 0.4) is 0 Å². The van der Waals surface area contributed by atoms with E-state index in [0.717, 1.165) is 0 Å². The molecule has 0 aromatic carbocycles. The van der Waals surface area contributed by atoms with Gasteiger partial charge in [-0.3, -0.25) is 4.79 Å². The average Bonchev–Trinajstić information content (AvgIpc) is 2.30. The van der Waals surface area contributed by atoms with Gasteiger partial charge in [0.05, 0.1) is 30.9 Å². The first-order valence-electron chi connectivity index (χ1n) is 5.44. The van der Waals surface area contributed by atoms with E-state index in [1.807, 2.05) is 19.1 Å². The topological polar surface area (TPSA) is 93.9 Å². The highest BCUT2D eigenvalue weighted by Gasteiger charge is 2.20. The average molecular weight is 222 g/mol. The van der Waals surface area contributed by atoms with Crippen LogP contribution in [0.4, 0.5) is 0 Å². The first-order valence-corrected chi connectivity index (χ1v) is 5.44. The Balaban J connectivity index is 4.42. The fourth-order valence-electron chi connectivity index (χ4n) is 1.40. The van der Waals surface area contributed by atoms with Gasteiger partial charge in [0.15, 0.2) is 0 Å². The van der Waals surface area contributed by atoms with E-state index in [1.54, 1.807) is 4.90 Å². The van der Waals surface area contributed by atoms with Crippen molar-refractivity contribution in [2.24, 2.45) is 11.7 Å². The molecule has 0 fully saturated rings. The third-order valence-corrected chi connectivity index (χ3v) is 2.43. The van der Waals surface area contributed by atoms with E-state index >= 15 is 0 Å².